The van der Waals surface area contributed by atoms with Crippen LogP contribution >= 0.6 is 0 Å². The number of pyridine rings is 2. The normalized spacial score (nSPS) is 24.3. The molecule has 0 aliphatic heterocycles. The Hall–Kier alpha value is -6.96. The smallest absolute Gasteiger partial charge is 0.263 e. The Labute approximate surface area is 367 Å². The molecule has 4 fully saturated rings. The Balaban J connectivity index is 0.000000143. The number of para-hydroxylation sites is 2. The molecule has 324 valence electrons. The third-order valence-electron chi connectivity index (χ3n) is 14.0. The minimum atomic E-state index is -1.77. The first kappa shape index (κ1) is 39.9. The maximum absolute atomic E-state index is 14.1. The van der Waals surface area contributed by atoms with Gasteiger partial charge in [-0.3, -0.25) is 19.2 Å². The first-order valence-electron chi connectivity index (χ1n) is 21.9. The highest BCUT2D eigenvalue weighted by Crippen LogP contribution is 2.62. The molecular formula is C50H46F2N8O4. The molecule has 64 heavy (non-hydrogen) atoms. The molecule has 12 rings (SSSR count). The second-order valence-electron chi connectivity index (χ2n) is 19.0. The molecule has 4 saturated carbocycles. The molecule has 2 aromatic carbocycles. The van der Waals surface area contributed by atoms with Crippen LogP contribution in [0, 0.1) is 22.7 Å². The summed E-state index contributed by atoms with van der Waals surface area (Å²) in [4.78, 5) is 66.2. The SMILES string of the molecule is C[C@@]12Cc3[nH]c(-c4ccnc(NC(=O)C5(F)CC5)c4)c(Nc4ccccc4)c3C(=O)[C@@H]1C2.C[C@]12Cc3[nH]c(-c4ccnc(NC(=O)C5(F)CC5)c4)c(Nc4ccccc4)c3C(=O)[C@H]1C2. The number of H-pyrrole nitrogens is 2. The molecule has 2 amide bonds. The number of aromatic amines is 2. The lowest BCUT2D eigenvalue weighted by Gasteiger charge is -2.18. The highest BCUT2D eigenvalue weighted by atomic mass is 19.1. The number of fused-ring (bicyclic) bond motifs is 4. The molecule has 0 radical (unpaired) electrons. The van der Waals surface area contributed by atoms with Gasteiger partial charge >= 0.3 is 0 Å². The third kappa shape index (κ3) is 7.05. The van der Waals surface area contributed by atoms with Gasteiger partial charge in [-0.15, -0.1) is 0 Å². The predicted molar refractivity (Wildman–Crippen MR) is 239 cm³/mol. The molecule has 6 aromatic rings. The number of hydrogen-bond acceptors (Lipinski definition) is 8. The van der Waals surface area contributed by atoms with Crippen molar-refractivity contribution >= 4 is 57.8 Å². The monoisotopic (exact) mass is 860 g/mol. The van der Waals surface area contributed by atoms with E-state index in [-0.39, 0.29) is 71.6 Å². The van der Waals surface area contributed by atoms with Crippen LogP contribution in [0.2, 0.25) is 0 Å². The van der Waals surface area contributed by atoms with Crippen molar-refractivity contribution in [3.63, 3.8) is 0 Å². The van der Waals surface area contributed by atoms with Crippen molar-refractivity contribution in [2.24, 2.45) is 22.7 Å². The van der Waals surface area contributed by atoms with Gasteiger partial charge < -0.3 is 31.2 Å². The maximum Gasteiger partial charge on any atom is 0.263 e. The van der Waals surface area contributed by atoms with Crippen molar-refractivity contribution in [2.45, 2.75) is 76.6 Å². The van der Waals surface area contributed by atoms with Crippen LogP contribution in [-0.2, 0) is 22.4 Å². The molecule has 0 bridgehead atoms. The number of amides is 2. The molecule has 4 atom stereocenters. The third-order valence-corrected chi connectivity index (χ3v) is 14.0. The van der Waals surface area contributed by atoms with Gasteiger partial charge in [0.25, 0.3) is 11.8 Å². The fraction of sp³-hybridized carbons (Fsp3) is 0.320. The van der Waals surface area contributed by atoms with Crippen molar-refractivity contribution in [3.8, 4) is 22.5 Å². The van der Waals surface area contributed by atoms with Gasteiger partial charge in [-0.1, -0.05) is 50.2 Å². The number of ketones is 2. The highest BCUT2D eigenvalue weighted by Gasteiger charge is 2.60. The van der Waals surface area contributed by atoms with Crippen LogP contribution in [-0.4, -0.2) is 54.7 Å². The van der Waals surface area contributed by atoms with Crippen molar-refractivity contribution in [2.75, 3.05) is 21.3 Å². The lowest BCUT2D eigenvalue weighted by atomic mass is 9.87. The summed E-state index contributed by atoms with van der Waals surface area (Å²) in [6.45, 7) is 4.32. The number of carbonyl (C=O) groups is 4. The highest BCUT2D eigenvalue weighted by molar-refractivity contribution is 6.12. The Bertz CT molecular complexity index is 2730. The molecule has 14 heteroatoms. The standard InChI is InChI=1S/2C25H23FN4O2/c2*1-24-12-16(24)22(31)19-17(13-24)29-20(21(19)28-15-5-3-2-4-6-15)14-7-10-27-18(11-14)30-23(32)25(26)8-9-25/h2*2-7,10-11,16,28-29H,8-9,12-13H2,1H3,(H,27,30,32)/t2*16-,24+/m10/s1. The molecule has 6 N–H and O–H groups in total. The number of aromatic nitrogens is 4. The van der Waals surface area contributed by atoms with Crippen LogP contribution in [0.25, 0.3) is 22.5 Å². The summed E-state index contributed by atoms with van der Waals surface area (Å²) >= 11 is 0. The first-order valence-corrected chi connectivity index (χ1v) is 21.9. The van der Waals surface area contributed by atoms with Gasteiger partial charge in [0.1, 0.15) is 11.6 Å². The van der Waals surface area contributed by atoms with E-state index in [9.17, 15) is 28.0 Å². The molecule has 0 unspecified atom stereocenters. The van der Waals surface area contributed by atoms with Crippen LogP contribution in [0.1, 0.15) is 84.5 Å². The molecule has 6 aliphatic carbocycles. The number of nitrogens with zero attached hydrogens (tertiary/aromatic N) is 2. The van der Waals surface area contributed by atoms with Crippen LogP contribution in [0.3, 0.4) is 0 Å². The van der Waals surface area contributed by atoms with Gasteiger partial charge in [-0.05, 0) is 111 Å². The zero-order chi connectivity index (χ0) is 44.2. The van der Waals surface area contributed by atoms with Gasteiger partial charge in [-0.25, -0.2) is 18.7 Å². The Morgan fingerprint density at radius 1 is 0.609 bits per heavy atom. The van der Waals surface area contributed by atoms with Crippen molar-refractivity contribution in [1.29, 1.82) is 0 Å². The average Bonchev–Trinajstić information content (AvgIpc) is 4.23. The van der Waals surface area contributed by atoms with E-state index in [0.717, 1.165) is 82.3 Å². The summed E-state index contributed by atoms with van der Waals surface area (Å²) in [5, 5.41) is 12.0. The Morgan fingerprint density at radius 2 is 1.00 bits per heavy atom. The number of benzene rings is 2. The van der Waals surface area contributed by atoms with Gasteiger partial charge in [0.05, 0.1) is 33.9 Å². The topological polar surface area (TPSA) is 174 Å². The maximum atomic E-state index is 14.1. The molecule has 6 aliphatic rings. The molecule has 12 nitrogen and oxygen atoms in total. The fourth-order valence-corrected chi connectivity index (χ4v) is 9.55. The van der Waals surface area contributed by atoms with E-state index < -0.39 is 23.2 Å². The summed E-state index contributed by atoms with van der Waals surface area (Å²) in [6, 6.07) is 26.5. The number of anilines is 6. The van der Waals surface area contributed by atoms with Gasteiger partial charge in [0.2, 0.25) is 0 Å². The lowest BCUT2D eigenvalue weighted by Crippen LogP contribution is -2.25. The molecular weight excluding hydrogens is 815 g/mol. The van der Waals surface area contributed by atoms with E-state index in [1.54, 1.807) is 24.5 Å². The second-order valence-corrected chi connectivity index (χ2v) is 19.0. The van der Waals surface area contributed by atoms with Gasteiger partial charge in [0, 0.05) is 58.1 Å². The minimum absolute atomic E-state index is 0.0350. The fourth-order valence-electron chi connectivity index (χ4n) is 9.55. The molecule has 4 heterocycles. The summed E-state index contributed by atoms with van der Waals surface area (Å²) in [5.74, 6) is -0.247. The van der Waals surface area contributed by atoms with Crippen LogP contribution in [0.15, 0.2) is 97.3 Å². The van der Waals surface area contributed by atoms with Crippen molar-refractivity contribution < 1.29 is 28.0 Å². The minimum Gasteiger partial charge on any atom is -0.356 e. The molecule has 0 saturated heterocycles. The molecule has 0 spiro atoms. The summed E-state index contributed by atoms with van der Waals surface area (Å²) in [6.07, 6.45) is 7.62. The second kappa shape index (κ2) is 14.3. The zero-order valence-electron chi connectivity index (χ0n) is 35.3. The molecule has 4 aromatic heterocycles. The van der Waals surface area contributed by atoms with Gasteiger partial charge in [-0.2, -0.15) is 0 Å². The largest absolute Gasteiger partial charge is 0.356 e. The van der Waals surface area contributed by atoms with Crippen molar-refractivity contribution in [1.82, 2.24) is 19.9 Å². The Morgan fingerprint density at radius 3 is 1.38 bits per heavy atom. The average molecular weight is 861 g/mol. The summed E-state index contributed by atoms with van der Waals surface area (Å²) in [5.41, 5.74) is 6.09. The number of Topliss-reactive ketones (excluding diaryl/α,β-unsaturated/α-hetero) is 2. The zero-order valence-corrected chi connectivity index (χ0v) is 35.3. The quantitative estimate of drug-likeness (QED) is 0.0790. The summed E-state index contributed by atoms with van der Waals surface area (Å²) < 4.78 is 28.2. The summed E-state index contributed by atoms with van der Waals surface area (Å²) in [7, 11) is 0. The van der Waals surface area contributed by atoms with E-state index in [1.165, 1.54) is 0 Å². The predicted octanol–water partition coefficient (Wildman–Crippen LogP) is 10.1. The van der Waals surface area contributed by atoms with Crippen LogP contribution < -0.4 is 21.3 Å². The van der Waals surface area contributed by atoms with E-state index in [0.29, 0.717) is 11.1 Å². The number of halogens is 2. The van der Waals surface area contributed by atoms with Gasteiger partial charge in [0.15, 0.2) is 22.9 Å². The number of nitrogens with one attached hydrogen (secondary N) is 6. The number of carbonyl (C=O) groups excluding carboxylic acids is 4. The number of rotatable bonds is 10. The Kier molecular flexibility index (Phi) is 8.89. The first-order chi connectivity index (χ1) is 30.7. The number of alkyl halides is 2. The van der Waals surface area contributed by atoms with E-state index in [1.807, 2.05) is 72.8 Å². The van der Waals surface area contributed by atoms with E-state index in [4.69, 9.17) is 0 Å². The van der Waals surface area contributed by atoms with E-state index in [2.05, 4.69) is 55.1 Å². The van der Waals surface area contributed by atoms with Crippen LogP contribution in [0.5, 0.6) is 0 Å². The van der Waals surface area contributed by atoms with E-state index >= 15 is 0 Å². The van der Waals surface area contributed by atoms with Crippen LogP contribution in [0.4, 0.5) is 43.2 Å². The number of hydrogen-bond donors (Lipinski definition) is 6. The van der Waals surface area contributed by atoms with Crippen molar-refractivity contribution in [3.05, 3.63) is 120 Å². The lowest BCUT2D eigenvalue weighted by molar-refractivity contribution is -0.122.